The minimum Gasteiger partial charge on any atom is -0.497 e. The summed E-state index contributed by atoms with van der Waals surface area (Å²) in [5, 5.41) is 18.6. The predicted octanol–water partition coefficient (Wildman–Crippen LogP) is 3.04. The van der Waals surface area contributed by atoms with Crippen LogP contribution in [0.1, 0.15) is 28.5 Å². The fourth-order valence-corrected chi connectivity index (χ4v) is 3.34. The van der Waals surface area contributed by atoms with Gasteiger partial charge in [-0.15, -0.1) is 10.2 Å². The van der Waals surface area contributed by atoms with E-state index in [2.05, 4.69) is 27.5 Å². The molecule has 2 aromatic heterocycles. The first-order valence-electron chi connectivity index (χ1n) is 9.87. The second kappa shape index (κ2) is 9.86. The normalized spacial score (nSPS) is 16.2. The summed E-state index contributed by atoms with van der Waals surface area (Å²) < 4.78 is 38.8. The number of methoxy groups -OCH3 is 1. The maximum Gasteiger partial charge on any atom is 0.490 e. The standard InChI is InChI=1S/C19H21N5O2.C2HF3O2/c1-23-10-9-13(11-23)18-22-21-17-8-3-14(12-24(17)18)19(25)20-15-4-6-16(26-2)7-5-15;3-2(4,5)1(6)7/h3-8,12-13H,9-11H2,1-2H3,(H,20,25);(H,6,7). The third-order valence-electron chi connectivity index (χ3n) is 5.04. The van der Waals surface area contributed by atoms with E-state index in [0.717, 1.165) is 42.4 Å². The lowest BCUT2D eigenvalue weighted by Gasteiger charge is -2.10. The molecule has 12 heteroatoms. The number of carboxylic acids is 1. The number of ether oxygens (including phenoxy) is 1. The fraction of sp³-hybridized carbons (Fsp3) is 0.333. The molecule has 1 aliphatic rings. The van der Waals surface area contributed by atoms with Crippen molar-refractivity contribution in [1.82, 2.24) is 19.5 Å². The molecule has 33 heavy (non-hydrogen) atoms. The molecule has 0 aliphatic carbocycles. The average Bonchev–Trinajstić information content (AvgIpc) is 3.39. The van der Waals surface area contributed by atoms with E-state index in [1.165, 1.54) is 0 Å². The van der Waals surface area contributed by atoms with Gasteiger partial charge in [-0.2, -0.15) is 13.2 Å². The van der Waals surface area contributed by atoms with E-state index in [1.807, 2.05) is 40.9 Å². The molecular formula is C21H22F3N5O4. The number of likely N-dealkylation sites (N-methyl/N-ethyl adjacent to an activating group) is 1. The Morgan fingerprint density at radius 1 is 1.15 bits per heavy atom. The van der Waals surface area contributed by atoms with Gasteiger partial charge in [0.25, 0.3) is 5.91 Å². The molecule has 1 aromatic carbocycles. The van der Waals surface area contributed by atoms with Crippen LogP contribution in [0.15, 0.2) is 42.6 Å². The number of anilines is 1. The van der Waals surface area contributed by atoms with E-state index >= 15 is 0 Å². The maximum atomic E-state index is 12.6. The molecule has 1 saturated heterocycles. The molecule has 1 atom stereocenters. The molecule has 2 N–H and O–H groups in total. The van der Waals surface area contributed by atoms with E-state index in [9.17, 15) is 18.0 Å². The summed E-state index contributed by atoms with van der Waals surface area (Å²) in [7, 11) is 3.72. The van der Waals surface area contributed by atoms with Gasteiger partial charge >= 0.3 is 12.1 Å². The summed E-state index contributed by atoms with van der Waals surface area (Å²) in [6.45, 7) is 2.01. The number of hydrogen-bond donors (Lipinski definition) is 2. The first-order chi connectivity index (χ1) is 15.6. The van der Waals surface area contributed by atoms with Crippen molar-refractivity contribution in [1.29, 1.82) is 0 Å². The van der Waals surface area contributed by atoms with Crippen LogP contribution in [0.3, 0.4) is 0 Å². The molecule has 9 nitrogen and oxygen atoms in total. The van der Waals surface area contributed by atoms with Gasteiger partial charge in [-0.3, -0.25) is 9.20 Å². The molecule has 1 amide bonds. The highest BCUT2D eigenvalue weighted by atomic mass is 19.4. The number of nitrogens with one attached hydrogen (secondary N) is 1. The van der Waals surface area contributed by atoms with Crippen LogP contribution < -0.4 is 10.1 Å². The second-order valence-electron chi connectivity index (χ2n) is 7.44. The van der Waals surface area contributed by atoms with Crippen LogP contribution >= 0.6 is 0 Å². The van der Waals surface area contributed by atoms with Crippen molar-refractivity contribution in [2.45, 2.75) is 18.5 Å². The number of carbonyl (C=O) groups is 2. The monoisotopic (exact) mass is 465 g/mol. The number of hydrogen-bond acceptors (Lipinski definition) is 6. The highest BCUT2D eigenvalue weighted by molar-refractivity contribution is 6.04. The van der Waals surface area contributed by atoms with Crippen LogP contribution in [0.4, 0.5) is 18.9 Å². The maximum absolute atomic E-state index is 12.6. The Balaban J connectivity index is 0.000000383. The number of fused-ring (bicyclic) bond motifs is 1. The van der Waals surface area contributed by atoms with Gasteiger partial charge in [0.1, 0.15) is 11.6 Å². The highest BCUT2D eigenvalue weighted by Gasteiger charge is 2.38. The Morgan fingerprint density at radius 2 is 1.82 bits per heavy atom. The minimum absolute atomic E-state index is 0.166. The fourth-order valence-electron chi connectivity index (χ4n) is 3.34. The second-order valence-corrected chi connectivity index (χ2v) is 7.44. The molecule has 0 spiro atoms. The molecule has 1 aliphatic heterocycles. The number of benzene rings is 1. The van der Waals surface area contributed by atoms with Crippen LogP contribution in [-0.4, -0.2) is 69.9 Å². The molecule has 4 rings (SSSR count). The number of amides is 1. The number of pyridine rings is 1. The Kier molecular flexibility index (Phi) is 7.16. The summed E-state index contributed by atoms with van der Waals surface area (Å²) in [6, 6.07) is 10.9. The van der Waals surface area contributed by atoms with Crippen molar-refractivity contribution >= 4 is 23.2 Å². The van der Waals surface area contributed by atoms with Crippen molar-refractivity contribution in [2.24, 2.45) is 0 Å². The van der Waals surface area contributed by atoms with Crippen LogP contribution in [-0.2, 0) is 4.79 Å². The number of nitrogens with zero attached hydrogens (tertiary/aromatic N) is 4. The Labute approximate surface area is 186 Å². The van der Waals surface area contributed by atoms with E-state index in [0.29, 0.717) is 11.5 Å². The Bertz CT molecular complexity index is 1130. The largest absolute Gasteiger partial charge is 0.497 e. The average molecular weight is 465 g/mol. The SMILES string of the molecule is COc1ccc(NC(=O)c2ccc3nnc(C4CCN(C)C4)n3c2)cc1.O=C(O)C(F)(F)F. The van der Waals surface area contributed by atoms with Crippen molar-refractivity contribution in [3.63, 3.8) is 0 Å². The molecule has 0 radical (unpaired) electrons. The molecular weight excluding hydrogens is 443 g/mol. The molecule has 0 saturated carbocycles. The van der Waals surface area contributed by atoms with E-state index < -0.39 is 12.1 Å². The van der Waals surface area contributed by atoms with Gasteiger partial charge in [-0.1, -0.05) is 0 Å². The quantitative estimate of drug-likeness (QED) is 0.610. The summed E-state index contributed by atoms with van der Waals surface area (Å²) in [5.41, 5.74) is 2.05. The molecule has 3 heterocycles. The Hall–Kier alpha value is -3.67. The van der Waals surface area contributed by atoms with Crippen molar-refractivity contribution in [3.8, 4) is 5.75 Å². The molecule has 1 unspecified atom stereocenters. The molecule has 176 valence electrons. The van der Waals surface area contributed by atoms with E-state index in [4.69, 9.17) is 14.6 Å². The summed E-state index contributed by atoms with van der Waals surface area (Å²) >= 11 is 0. The van der Waals surface area contributed by atoms with Crippen LogP contribution in [0.2, 0.25) is 0 Å². The van der Waals surface area contributed by atoms with Gasteiger partial charge in [0.15, 0.2) is 5.65 Å². The Morgan fingerprint density at radius 3 is 2.36 bits per heavy atom. The van der Waals surface area contributed by atoms with Crippen LogP contribution in [0, 0.1) is 0 Å². The highest BCUT2D eigenvalue weighted by Crippen LogP contribution is 2.25. The summed E-state index contributed by atoms with van der Waals surface area (Å²) in [5.74, 6) is -0.911. The molecule has 1 fully saturated rings. The lowest BCUT2D eigenvalue weighted by molar-refractivity contribution is -0.192. The van der Waals surface area contributed by atoms with Gasteiger partial charge in [0, 0.05) is 24.3 Å². The van der Waals surface area contributed by atoms with Crippen molar-refractivity contribution < 1.29 is 32.6 Å². The first kappa shape index (κ1) is 24.0. The number of likely N-dealkylation sites (tertiary alicyclic amines) is 1. The first-order valence-corrected chi connectivity index (χ1v) is 9.87. The predicted molar refractivity (Wildman–Crippen MR) is 112 cm³/mol. The van der Waals surface area contributed by atoms with Crippen molar-refractivity contribution in [2.75, 3.05) is 32.6 Å². The van der Waals surface area contributed by atoms with Crippen LogP contribution in [0.5, 0.6) is 5.75 Å². The lowest BCUT2D eigenvalue weighted by Crippen LogP contribution is -2.21. The van der Waals surface area contributed by atoms with Gasteiger partial charge in [-0.25, -0.2) is 4.79 Å². The summed E-state index contributed by atoms with van der Waals surface area (Å²) in [4.78, 5) is 23.8. The van der Waals surface area contributed by atoms with Gasteiger partial charge in [-0.05, 0) is 56.4 Å². The zero-order valence-corrected chi connectivity index (χ0v) is 17.8. The van der Waals surface area contributed by atoms with E-state index in [1.54, 1.807) is 13.2 Å². The van der Waals surface area contributed by atoms with E-state index in [-0.39, 0.29) is 5.91 Å². The minimum atomic E-state index is -5.08. The lowest BCUT2D eigenvalue weighted by atomic mass is 10.1. The third-order valence-corrected chi connectivity index (χ3v) is 5.04. The number of alkyl halides is 3. The van der Waals surface area contributed by atoms with Crippen molar-refractivity contribution in [3.05, 3.63) is 54.0 Å². The number of carboxylic acid groups (broad SMARTS) is 1. The van der Waals surface area contributed by atoms with Crippen LogP contribution in [0.25, 0.3) is 5.65 Å². The number of halogens is 3. The number of rotatable bonds is 4. The zero-order chi connectivity index (χ0) is 24.2. The molecule has 0 bridgehead atoms. The zero-order valence-electron chi connectivity index (χ0n) is 17.8. The van der Waals surface area contributed by atoms with Gasteiger partial charge < -0.3 is 20.1 Å². The topological polar surface area (TPSA) is 109 Å². The number of aliphatic carboxylic acids is 1. The molecule has 3 aromatic rings. The smallest absolute Gasteiger partial charge is 0.490 e. The summed E-state index contributed by atoms with van der Waals surface area (Å²) in [6.07, 6.45) is -2.21. The number of carbonyl (C=O) groups excluding carboxylic acids is 1. The van der Waals surface area contributed by atoms with Gasteiger partial charge in [0.05, 0.1) is 12.7 Å². The third kappa shape index (κ3) is 5.98. The number of aromatic nitrogens is 3. The van der Waals surface area contributed by atoms with Gasteiger partial charge in [0.2, 0.25) is 0 Å².